The third-order valence-electron chi connectivity index (χ3n) is 1.32. The molecule has 0 N–H and O–H groups in total. The van der Waals surface area contributed by atoms with Gasteiger partial charge < -0.3 is 0 Å². The van der Waals surface area contributed by atoms with Gasteiger partial charge in [0, 0.05) is 0 Å². The van der Waals surface area contributed by atoms with Gasteiger partial charge in [-0.15, -0.1) is 0 Å². The second kappa shape index (κ2) is 3.43. The summed E-state index contributed by atoms with van der Waals surface area (Å²) in [4.78, 5) is 0. The zero-order valence-electron chi connectivity index (χ0n) is 6.18. The Hall–Kier alpha value is -1.25. The fraction of sp³-hybridized carbons (Fsp3) is 0.111. The van der Waals surface area contributed by atoms with E-state index in [-0.39, 0.29) is 0 Å². The first-order valence-electron chi connectivity index (χ1n) is 3.39. The molecule has 0 aromatic rings. The van der Waals surface area contributed by atoms with E-state index in [1.54, 1.807) is 18.2 Å². The number of hydrogen-bond donors (Lipinski definition) is 0. The van der Waals surface area contributed by atoms with E-state index in [1.807, 2.05) is 0 Å². The van der Waals surface area contributed by atoms with Gasteiger partial charge in [-0.3, -0.25) is 0 Å². The van der Waals surface area contributed by atoms with Crippen LogP contribution in [0.4, 0.5) is 13.2 Å². The molecule has 0 spiro atoms. The van der Waals surface area contributed by atoms with Gasteiger partial charge in [0.05, 0.1) is 5.57 Å². The molecule has 1 rings (SSSR count). The van der Waals surface area contributed by atoms with Gasteiger partial charge in [0.1, 0.15) is 0 Å². The topological polar surface area (TPSA) is 0 Å². The van der Waals surface area contributed by atoms with Gasteiger partial charge >= 0.3 is 6.18 Å². The summed E-state index contributed by atoms with van der Waals surface area (Å²) >= 11 is 0. The van der Waals surface area contributed by atoms with E-state index >= 15 is 0 Å². The van der Waals surface area contributed by atoms with Crippen molar-refractivity contribution in [1.82, 2.24) is 0 Å². The molecule has 0 amide bonds. The van der Waals surface area contributed by atoms with E-state index in [1.165, 1.54) is 12.2 Å². The third-order valence-corrected chi connectivity index (χ3v) is 1.32. The van der Waals surface area contributed by atoms with E-state index in [0.717, 1.165) is 12.2 Å². The van der Waals surface area contributed by atoms with E-state index < -0.39 is 11.7 Å². The van der Waals surface area contributed by atoms with Crippen LogP contribution in [0.2, 0.25) is 0 Å². The summed E-state index contributed by atoms with van der Waals surface area (Å²) in [6, 6.07) is 0. The average Bonchev–Trinajstić information content (AvgIpc) is 1.81. The van der Waals surface area contributed by atoms with Crippen molar-refractivity contribution in [3.63, 3.8) is 0 Å². The van der Waals surface area contributed by atoms with Crippen LogP contribution in [0.3, 0.4) is 0 Å². The van der Waals surface area contributed by atoms with Crippen molar-refractivity contribution in [2.45, 2.75) is 6.18 Å². The molecular weight excluding hydrogens is 165 g/mol. The molecule has 0 atom stereocenters. The largest absolute Gasteiger partial charge is 0.416 e. The maximum atomic E-state index is 12.1. The van der Waals surface area contributed by atoms with Crippen LogP contribution in [0, 0.1) is 0 Å². The summed E-state index contributed by atoms with van der Waals surface area (Å²) in [6.07, 6.45) is 5.32. The summed E-state index contributed by atoms with van der Waals surface area (Å²) in [7, 11) is 0. The van der Waals surface area contributed by atoms with Crippen LogP contribution in [0.25, 0.3) is 0 Å². The lowest BCUT2D eigenvalue weighted by Gasteiger charge is -2.06. The van der Waals surface area contributed by atoms with E-state index in [2.05, 4.69) is 0 Å². The predicted molar refractivity (Wildman–Crippen MR) is 41.6 cm³/mol. The van der Waals surface area contributed by atoms with E-state index in [0.29, 0.717) is 0 Å². The van der Waals surface area contributed by atoms with Crippen molar-refractivity contribution >= 4 is 0 Å². The van der Waals surface area contributed by atoms with Crippen molar-refractivity contribution in [2.75, 3.05) is 0 Å². The number of halogens is 3. The van der Waals surface area contributed by atoms with Crippen molar-refractivity contribution in [1.29, 1.82) is 0 Å². The molecule has 0 aromatic carbocycles. The van der Waals surface area contributed by atoms with E-state index in [4.69, 9.17) is 0 Å². The number of allylic oxidation sites excluding steroid dienone is 8. The van der Waals surface area contributed by atoms with Gasteiger partial charge in [-0.2, -0.15) is 13.2 Å². The Bertz CT molecular complexity index is 264. The maximum absolute atomic E-state index is 12.1. The van der Waals surface area contributed by atoms with Crippen LogP contribution in [0.1, 0.15) is 0 Å². The van der Waals surface area contributed by atoms with Gasteiger partial charge in [-0.05, 0) is 0 Å². The number of rotatable bonds is 0. The molecule has 0 aliphatic heterocycles. The van der Waals surface area contributed by atoms with Crippen molar-refractivity contribution in [3.8, 4) is 0 Å². The number of alkyl halides is 3. The maximum Gasteiger partial charge on any atom is 0.416 e. The zero-order valence-corrected chi connectivity index (χ0v) is 6.18. The van der Waals surface area contributed by atoms with Gasteiger partial charge in [0.2, 0.25) is 0 Å². The zero-order chi connectivity index (χ0) is 9.03. The van der Waals surface area contributed by atoms with Crippen LogP contribution < -0.4 is 0 Å². The molecule has 1 aliphatic rings. The molecule has 0 nitrogen and oxygen atoms in total. The van der Waals surface area contributed by atoms with Gasteiger partial charge in [-0.1, -0.05) is 42.5 Å². The van der Waals surface area contributed by atoms with E-state index in [9.17, 15) is 13.2 Å². The quantitative estimate of drug-likeness (QED) is 0.526. The Morgan fingerprint density at radius 1 is 0.833 bits per heavy atom. The van der Waals surface area contributed by atoms with Crippen molar-refractivity contribution in [3.05, 3.63) is 48.1 Å². The highest BCUT2D eigenvalue weighted by Gasteiger charge is 2.30. The van der Waals surface area contributed by atoms with Crippen LogP contribution >= 0.6 is 0 Å². The lowest BCUT2D eigenvalue weighted by Crippen LogP contribution is -2.09. The molecule has 0 bridgehead atoms. The fourth-order valence-corrected chi connectivity index (χ4v) is 0.755. The number of hydrogen-bond acceptors (Lipinski definition) is 0. The highest BCUT2D eigenvalue weighted by atomic mass is 19.4. The highest BCUT2D eigenvalue weighted by molar-refractivity contribution is 5.33. The lowest BCUT2D eigenvalue weighted by molar-refractivity contribution is -0.0881. The molecule has 0 heterocycles. The monoisotopic (exact) mass is 172 g/mol. The summed E-state index contributed by atoms with van der Waals surface area (Å²) in [5.41, 5.74) is -0.636. The molecular formula is C9H7F3. The molecule has 0 saturated heterocycles. The minimum Gasteiger partial charge on any atom is -0.166 e. The Kier molecular flexibility index (Phi) is 2.53. The van der Waals surface area contributed by atoms with Crippen LogP contribution in [-0.4, -0.2) is 6.18 Å². The van der Waals surface area contributed by atoms with Crippen molar-refractivity contribution in [2.24, 2.45) is 0 Å². The molecule has 1 aliphatic carbocycles. The standard InChI is InChI=1S/C9H7F3/c10-9(11,12)8-6-4-2-1-3-5-7-8/h1-7H. The minimum absolute atomic E-state index is 0.636. The average molecular weight is 172 g/mol. The summed E-state index contributed by atoms with van der Waals surface area (Å²) in [5.74, 6) is 0. The second-order valence-electron chi connectivity index (χ2n) is 2.25. The van der Waals surface area contributed by atoms with Crippen LogP contribution in [-0.2, 0) is 0 Å². The first-order chi connectivity index (χ1) is 5.61. The first kappa shape index (κ1) is 8.84. The lowest BCUT2D eigenvalue weighted by atomic mass is 10.2. The Morgan fingerprint density at radius 2 is 1.42 bits per heavy atom. The molecule has 0 saturated carbocycles. The summed E-state index contributed by atoms with van der Waals surface area (Å²) in [6.45, 7) is 0. The fourth-order valence-electron chi connectivity index (χ4n) is 0.755. The smallest absolute Gasteiger partial charge is 0.166 e. The first-order valence-corrected chi connectivity index (χ1v) is 3.39. The predicted octanol–water partition coefficient (Wildman–Crippen LogP) is 3.16. The Labute approximate surface area is 68.4 Å². The molecule has 3 heteroatoms. The molecule has 0 fully saturated rings. The van der Waals surface area contributed by atoms with Gasteiger partial charge in [-0.25, -0.2) is 0 Å². The molecule has 12 heavy (non-hydrogen) atoms. The second-order valence-corrected chi connectivity index (χ2v) is 2.25. The Morgan fingerprint density at radius 3 is 2.08 bits per heavy atom. The molecule has 64 valence electrons. The minimum atomic E-state index is -4.26. The van der Waals surface area contributed by atoms with Crippen molar-refractivity contribution < 1.29 is 13.2 Å². The van der Waals surface area contributed by atoms with Gasteiger partial charge in [0.15, 0.2) is 0 Å². The van der Waals surface area contributed by atoms with Crippen LogP contribution in [0.5, 0.6) is 0 Å². The SMILES string of the molecule is FC(F)(F)C1=CC=CC=CC=C1. The Balaban J connectivity index is 2.90. The normalized spacial score (nSPS) is 17.1. The molecule has 0 radical (unpaired) electrons. The summed E-state index contributed by atoms with van der Waals surface area (Å²) in [5, 5.41) is 0. The summed E-state index contributed by atoms with van der Waals surface area (Å²) < 4.78 is 36.2. The molecule has 0 aromatic heterocycles. The van der Waals surface area contributed by atoms with Crippen LogP contribution in [0.15, 0.2) is 48.1 Å². The highest BCUT2D eigenvalue weighted by Crippen LogP contribution is 2.26. The third kappa shape index (κ3) is 2.42. The van der Waals surface area contributed by atoms with Gasteiger partial charge in [0.25, 0.3) is 0 Å². The molecule has 0 unspecified atom stereocenters.